The summed E-state index contributed by atoms with van der Waals surface area (Å²) in [5.41, 5.74) is 0.428. The van der Waals surface area contributed by atoms with Gasteiger partial charge >= 0.3 is 0 Å². The van der Waals surface area contributed by atoms with Gasteiger partial charge in [0.1, 0.15) is 16.5 Å². The van der Waals surface area contributed by atoms with Gasteiger partial charge in [-0.25, -0.2) is 18.1 Å². The molecule has 6 nitrogen and oxygen atoms in total. The molecule has 0 radical (unpaired) electrons. The number of aliphatic hydroxyl groups is 1. The average molecular weight is 323 g/mol. The van der Waals surface area contributed by atoms with E-state index in [0.29, 0.717) is 10.6 Å². The van der Waals surface area contributed by atoms with E-state index in [9.17, 15) is 8.42 Å². The van der Waals surface area contributed by atoms with Crippen molar-refractivity contribution >= 4 is 21.4 Å². The molecule has 110 valence electrons. The van der Waals surface area contributed by atoms with Crippen molar-refractivity contribution in [2.45, 2.75) is 18.4 Å². The van der Waals surface area contributed by atoms with Crippen LogP contribution in [0.5, 0.6) is 0 Å². The minimum absolute atomic E-state index is 0.0283. The van der Waals surface area contributed by atoms with Crippen LogP contribution in [0.15, 0.2) is 29.6 Å². The second-order valence-electron chi connectivity index (χ2n) is 4.06. The zero-order valence-electron chi connectivity index (χ0n) is 11.2. The molecule has 0 aliphatic rings. The zero-order valence-corrected chi connectivity index (χ0v) is 12.8. The minimum Gasteiger partial charge on any atom is -0.384 e. The van der Waals surface area contributed by atoms with Crippen LogP contribution in [0.1, 0.15) is 15.4 Å². The lowest BCUT2D eigenvalue weighted by Gasteiger charge is -2.05. The van der Waals surface area contributed by atoms with Gasteiger partial charge in [-0.3, -0.25) is 4.98 Å². The number of nitrogens with one attached hydrogen (secondary N) is 1. The maximum Gasteiger partial charge on any atom is 0.242 e. The number of sulfonamides is 1. The molecule has 0 atom stereocenters. The van der Waals surface area contributed by atoms with Gasteiger partial charge in [0.25, 0.3) is 0 Å². The fourth-order valence-corrected chi connectivity index (χ4v) is 3.29. The second kappa shape index (κ2) is 6.78. The van der Waals surface area contributed by atoms with Gasteiger partial charge in [0.15, 0.2) is 0 Å². The number of thiazole rings is 1. The first-order chi connectivity index (χ1) is 10.0. The number of aryl methyl sites for hydroxylation is 1. The lowest BCUT2D eigenvalue weighted by molar-refractivity contribution is 0.350. The normalized spacial score (nSPS) is 11.0. The highest BCUT2D eigenvalue weighted by atomic mass is 32.2. The molecule has 0 saturated carbocycles. The summed E-state index contributed by atoms with van der Waals surface area (Å²) in [6, 6.07) is 1.41. The SMILES string of the molecule is Cc1cnc(CNS(=O)(=O)c2cncc(C#CCO)c2)s1. The van der Waals surface area contributed by atoms with Crippen molar-refractivity contribution in [3.05, 3.63) is 40.1 Å². The number of hydrogen-bond donors (Lipinski definition) is 2. The summed E-state index contributed by atoms with van der Waals surface area (Å²) in [5.74, 6) is 5.06. The molecule has 8 heteroatoms. The number of hydrogen-bond acceptors (Lipinski definition) is 6. The first kappa shape index (κ1) is 15.6. The highest BCUT2D eigenvalue weighted by Gasteiger charge is 2.15. The van der Waals surface area contributed by atoms with Gasteiger partial charge in [-0.05, 0) is 13.0 Å². The predicted molar refractivity (Wildman–Crippen MR) is 79.1 cm³/mol. The van der Waals surface area contributed by atoms with E-state index in [1.165, 1.54) is 29.8 Å². The van der Waals surface area contributed by atoms with Gasteiger partial charge in [-0.15, -0.1) is 11.3 Å². The first-order valence-electron chi connectivity index (χ1n) is 5.97. The van der Waals surface area contributed by atoms with Crippen molar-refractivity contribution in [3.8, 4) is 11.8 Å². The molecule has 2 N–H and O–H groups in total. The third kappa shape index (κ3) is 4.34. The van der Waals surface area contributed by atoms with Crippen LogP contribution in [0.25, 0.3) is 0 Å². The summed E-state index contributed by atoms with van der Waals surface area (Å²) < 4.78 is 26.8. The smallest absolute Gasteiger partial charge is 0.242 e. The Labute approximate surface area is 126 Å². The van der Waals surface area contributed by atoms with E-state index in [2.05, 4.69) is 26.5 Å². The van der Waals surface area contributed by atoms with Gasteiger partial charge in [-0.2, -0.15) is 0 Å². The Kier molecular flexibility index (Phi) is 5.03. The summed E-state index contributed by atoms with van der Waals surface area (Å²) >= 11 is 1.43. The Morgan fingerprint density at radius 3 is 2.86 bits per heavy atom. The molecular formula is C13H13N3O3S2. The Balaban J connectivity index is 2.15. The van der Waals surface area contributed by atoms with Crippen LogP contribution in [0.4, 0.5) is 0 Å². The lowest BCUT2D eigenvalue weighted by atomic mass is 10.3. The molecule has 2 heterocycles. The average Bonchev–Trinajstić information content (AvgIpc) is 2.89. The molecule has 0 bridgehead atoms. The van der Waals surface area contributed by atoms with Crippen molar-refractivity contribution in [2.24, 2.45) is 0 Å². The number of rotatable bonds is 4. The van der Waals surface area contributed by atoms with E-state index in [0.717, 1.165) is 4.88 Å². The third-order valence-corrected chi connectivity index (χ3v) is 4.70. The van der Waals surface area contributed by atoms with Gasteiger partial charge in [0, 0.05) is 29.0 Å². The van der Waals surface area contributed by atoms with Crippen LogP contribution in [-0.2, 0) is 16.6 Å². The number of nitrogens with zero attached hydrogens (tertiary/aromatic N) is 2. The Hall–Kier alpha value is -1.79. The van der Waals surface area contributed by atoms with Crippen molar-refractivity contribution < 1.29 is 13.5 Å². The van der Waals surface area contributed by atoms with E-state index in [1.807, 2.05) is 6.92 Å². The summed E-state index contributed by atoms with van der Waals surface area (Å²) in [4.78, 5) is 8.99. The Bertz CT molecular complexity index is 788. The standard InChI is InChI=1S/C13H13N3O3S2/c1-10-6-15-13(20-10)9-16-21(18,19)12-5-11(3-2-4-17)7-14-8-12/h5-8,16-17H,4,9H2,1H3. The zero-order chi connectivity index (χ0) is 15.3. The molecule has 2 aromatic rings. The molecule has 0 aliphatic heterocycles. The number of aromatic nitrogens is 2. The minimum atomic E-state index is -3.67. The van der Waals surface area contributed by atoms with E-state index in [1.54, 1.807) is 6.20 Å². The van der Waals surface area contributed by atoms with Crippen LogP contribution in [0.3, 0.4) is 0 Å². The van der Waals surface area contributed by atoms with Crippen LogP contribution >= 0.6 is 11.3 Å². The highest BCUT2D eigenvalue weighted by Crippen LogP contribution is 2.13. The third-order valence-electron chi connectivity index (χ3n) is 2.42. The molecule has 2 rings (SSSR count). The van der Waals surface area contributed by atoms with Gasteiger partial charge in [-0.1, -0.05) is 11.8 Å². The molecule has 0 saturated heterocycles. The van der Waals surface area contributed by atoms with Crippen molar-refractivity contribution in [1.82, 2.24) is 14.7 Å². The molecule has 0 fully saturated rings. The van der Waals surface area contributed by atoms with E-state index in [-0.39, 0.29) is 18.0 Å². The fraction of sp³-hybridized carbons (Fsp3) is 0.231. The summed E-state index contributed by atoms with van der Waals surface area (Å²) in [5, 5.41) is 9.33. The molecular weight excluding hydrogens is 310 g/mol. The topological polar surface area (TPSA) is 92.2 Å². The van der Waals surface area contributed by atoms with Crippen LogP contribution in [-0.4, -0.2) is 30.1 Å². The van der Waals surface area contributed by atoms with Crippen molar-refractivity contribution in [3.63, 3.8) is 0 Å². The molecule has 0 aliphatic carbocycles. The molecule has 0 aromatic carbocycles. The molecule has 0 amide bonds. The number of aliphatic hydroxyl groups excluding tert-OH is 1. The van der Waals surface area contributed by atoms with Gasteiger partial charge in [0.05, 0.1) is 6.54 Å². The summed E-state index contributed by atoms with van der Waals surface area (Å²) in [6.07, 6.45) is 4.38. The summed E-state index contributed by atoms with van der Waals surface area (Å²) in [6.45, 7) is 1.74. The molecule has 0 unspecified atom stereocenters. The predicted octanol–water partition coefficient (Wildman–Crippen LogP) is 0.669. The van der Waals surface area contributed by atoms with Gasteiger partial charge < -0.3 is 5.11 Å². The Morgan fingerprint density at radius 1 is 1.38 bits per heavy atom. The van der Waals surface area contributed by atoms with Crippen LogP contribution in [0, 0.1) is 18.8 Å². The summed E-state index contributed by atoms with van der Waals surface area (Å²) in [7, 11) is -3.67. The van der Waals surface area contributed by atoms with Crippen molar-refractivity contribution in [1.29, 1.82) is 0 Å². The van der Waals surface area contributed by atoms with E-state index in [4.69, 9.17) is 5.11 Å². The maximum atomic E-state index is 12.2. The largest absolute Gasteiger partial charge is 0.384 e. The van der Waals surface area contributed by atoms with E-state index >= 15 is 0 Å². The Morgan fingerprint density at radius 2 is 2.19 bits per heavy atom. The van der Waals surface area contributed by atoms with Crippen molar-refractivity contribution in [2.75, 3.05) is 6.61 Å². The van der Waals surface area contributed by atoms with Gasteiger partial charge in [0.2, 0.25) is 10.0 Å². The first-order valence-corrected chi connectivity index (χ1v) is 8.27. The quantitative estimate of drug-likeness (QED) is 0.807. The number of pyridine rings is 1. The van der Waals surface area contributed by atoms with Crippen LogP contribution < -0.4 is 4.72 Å². The monoisotopic (exact) mass is 323 g/mol. The van der Waals surface area contributed by atoms with Crippen LogP contribution in [0.2, 0.25) is 0 Å². The molecule has 0 spiro atoms. The highest BCUT2D eigenvalue weighted by molar-refractivity contribution is 7.89. The lowest BCUT2D eigenvalue weighted by Crippen LogP contribution is -2.23. The molecule has 2 aromatic heterocycles. The molecule has 21 heavy (non-hydrogen) atoms. The maximum absolute atomic E-state index is 12.2. The van der Waals surface area contributed by atoms with E-state index < -0.39 is 10.0 Å². The second-order valence-corrected chi connectivity index (χ2v) is 7.14. The fourth-order valence-electron chi connectivity index (χ4n) is 1.50.